The number of aliphatic carboxylic acids is 1. The van der Waals surface area contributed by atoms with E-state index in [0.717, 1.165) is 32.0 Å². The molecule has 0 aliphatic rings. The van der Waals surface area contributed by atoms with E-state index in [-0.39, 0.29) is 11.3 Å². The topological polar surface area (TPSA) is 112 Å². The highest BCUT2D eigenvalue weighted by Crippen LogP contribution is 2.31. The summed E-state index contributed by atoms with van der Waals surface area (Å²) in [6, 6.07) is 29.9. The van der Waals surface area contributed by atoms with Gasteiger partial charge in [0.1, 0.15) is 6.04 Å². The Morgan fingerprint density at radius 1 is 0.881 bits per heavy atom. The summed E-state index contributed by atoms with van der Waals surface area (Å²) < 4.78 is 27.7. The van der Waals surface area contributed by atoms with Crippen molar-refractivity contribution in [3.05, 3.63) is 114 Å². The second-order valence-electron chi connectivity index (χ2n) is 10.4. The fourth-order valence-corrected chi connectivity index (χ4v) is 6.07. The van der Waals surface area contributed by atoms with Crippen LogP contribution in [0.4, 0.5) is 11.6 Å². The van der Waals surface area contributed by atoms with Crippen LogP contribution >= 0.6 is 0 Å². The molecule has 0 radical (unpaired) electrons. The van der Waals surface area contributed by atoms with Crippen LogP contribution in [0.1, 0.15) is 30.9 Å². The lowest BCUT2D eigenvalue weighted by Crippen LogP contribution is -2.43. The molecule has 0 bridgehead atoms. The lowest BCUT2D eigenvalue weighted by molar-refractivity contribution is -0.141. The molecule has 0 aliphatic heterocycles. The number of benzene rings is 4. The molecule has 0 fully saturated rings. The maximum Gasteiger partial charge on any atom is 0.322 e. The third-order valence-corrected chi connectivity index (χ3v) is 9.10. The van der Waals surface area contributed by atoms with Crippen molar-refractivity contribution in [3.8, 4) is 11.3 Å². The SMILES string of the molecule is CC(C)c1ccc2nc(Nc3ccc(S(=O)(=O)N(C)[C@@H](Cc4ccccc4)C(=O)O)cc3)nc(-c3ccccc3)c2c1. The monoisotopic (exact) mass is 580 g/mol. The highest BCUT2D eigenvalue weighted by molar-refractivity contribution is 7.89. The van der Waals surface area contributed by atoms with Crippen molar-refractivity contribution in [1.29, 1.82) is 0 Å². The minimum atomic E-state index is -4.08. The Kier molecular flexibility index (Phi) is 8.33. The molecule has 0 saturated heterocycles. The van der Waals surface area contributed by atoms with Crippen molar-refractivity contribution in [2.24, 2.45) is 0 Å². The number of fused-ring (bicyclic) bond motifs is 1. The van der Waals surface area contributed by atoms with Gasteiger partial charge in [0.05, 0.1) is 16.1 Å². The number of aromatic nitrogens is 2. The molecule has 0 aliphatic carbocycles. The van der Waals surface area contributed by atoms with Crippen LogP contribution in [0.25, 0.3) is 22.2 Å². The van der Waals surface area contributed by atoms with Crippen LogP contribution in [-0.4, -0.2) is 46.9 Å². The van der Waals surface area contributed by atoms with Crippen molar-refractivity contribution in [2.75, 3.05) is 12.4 Å². The van der Waals surface area contributed by atoms with Gasteiger partial charge in [0.25, 0.3) is 0 Å². The second kappa shape index (κ2) is 12.1. The molecule has 2 N–H and O–H groups in total. The average Bonchev–Trinajstić information content (AvgIpc) is 3.00. The average molecular weight is 581 g/mol. The number of sulfonamides is 1. The molecule has 42 heavy (non-hydrogen) atoms. The van der Waals surface area contributed by atoms with Crippen molar-refractivity contribution in [1.82, 2.24) is 14.3 Å². The van der Waals surface area contributed by atoms with Crippen LogP contribution in [-0.2, 0) is 21.2 Å². The van der Waals surface area contributed by atoms with Crippen LogP contribution < -0.4 is 5.32 Å². The lowest BCUT2D eigenvalue weighted by atomic mass is 9.99. The molecule has 1 atom stereocenters. The predicted octanol–water partition coefficient (Wildman–Crippen LogP) is 6.48. The standard InChI is InChI=1S/C33H32N4O4S/c1-22(2)25-14-19-29-28(21-25)31(24-12-8-5-9-13-24)36-33(35-29)34-26-15-17-27(18-16-26)42(40,41)37(3)30(32(38)39)20-23-10-6-4-7-11-23/h4-19,21-22,30H,20H2,1-3H3,(H,38,39)(H,34,35,36)/t30-/m0/s1. The number of carboxylic acids is 1. The first kappa shape index (κ1) is 28.9. The van der Waals surface area contributed by atoms with Gasteiger partial charge in [0.2, 0.25) is 16.0 Å². The smallest absolute Gasteiger partial charge is 0.322 e. The highest BCUT2D eigenvalue weighted by Gasteiger charge is 2.33. The van der Waals surface area contributed by atoms with Gasteiger partial charge in [-0.3, -0.25) is 4.79 Å². The van der Waals surface area contributed by atoms with Crippen LogP contribution in [0.2, 0.25) is 0 Å². The third kappa shape index (κ3) is 6.17. The number of nitrogens with one attached hydrogen (secondary N) is 1. The summed E-state index contributed by atoms with van der Waals surface area (Å²) in [5.74, 6) is -0.486. The van der Waals surface area contributed by atoms with Gasteiger partial charge in [0, 0.05) is 23.7 Å². The number of anilines is 2. The summed E-state index contributed by atoms with van der Waals surface area (Å²) >= 11 is 0. The number of nitrogens with zero attached hydrogens (tertiary/aromatic N) is 3. The molecule has 1 aromatic heterocycles. The van der Waals surface area contributed by atoms with E-state index in [1.807, 2.05) is 42.5 Å². The van der Waals surface area contributed by atoms with E-state index >= 15 is 0 Å². The van der Waals surface area contributed by atoms with Crippen LogP contribution in [0, 0.1) is 0 Å². The van der Waals surface area contributed by atoms with E-state index in [2.05, 4.69) is 31.3 Å². The van der Waals surface area contributed by atoms with Gasteiger partial charge in [-0.15, -0.1) is 0 Å². The fraction of sp³-hybridized carbons (Fsp3) is 0.182. The number of rotatable bonds is 10. The molecule has 0 unspecified atom stereocenters. The molecule has 8 nitrogen and oxygen atoms in total. The number of likely N-dealkylation sites (N-methyl/N-ethyl adjacent to an activating group) is 1. The maximum absolute atomic E-state index is 13.4. The van der Waals surface area contributed by atoms with Gasteiger partial charge in [-0.05, 0) is 59.9 Å². The van der Waals surface area contributed by atoms with Crippen molar-refractivity contribution in [2.45, 2.75) is 37.1 Å². The minimum Gasteiger partial charge on any atom is -0.480 e. The lowest BCUT2D eigenvalue weighted by Gasteiger charge is -2.24. The summed E-state index contributed by atoms with van der Waals surface area (Å²) in [6.45, 7) is 4.29. The Labute approximate surface area is 245 Å². The van der Waals surface area contributed by atoms with E-state index in [1.165, 1.54) is 24.7 Å². The second-order valence-corrected chi connectivity index (χ2v) is 12.4. The molecule has 1 heterocycles. The molecule has 9 heteroatoms. The molecular formula is C33H32N4O4S. The molecular weight excluding hydrogens is 548 g/mol. The van der Waals surface area contributed by atoms with Gasteiger partial charge in [0.15, 0.2) is 0 Å². The summed E-state index contributed by atoms with van der Waals surface area (Å²) in [7, 11) is -2.79. The summed E-state index contributed by atoms with van der Waals surface area (Å²) in [5.41, 5.74) is 5.06. The zero-order valence-corrected chi connectivity index (χ0v) is 24.4. The summed E-state index contributed by atoms with van der Waals surface area (Å²) in [5, 5.41) is 14.0. The van der Waals surface area contributed by atoms with E-state index in [9.17, 15) is 18.3 Å². The van der Waals surface area contributed by atoms with Crippen molar-refractivity contribution >= 4 is 38.5 Å². The Balaban J connectivity index is 1.42. The summed E-state index contributed by atoms with van der Waals surface area (Å²) in [4.78, 5) is 21.6. The molecule has 0 spiro atoms. The van der Waals surface area contributed by atoms with Crippen molar-refractivity contribution in [3.63, 3.8) is 0 Å². The maximum atomic E-state index is 13.4. The largest absolute Gasteiger partial charge is 0.480 e. The quantitative estimate of drug-likeness (QED) is 0.194. The number of carbonyl (C=O) groups is 1. The van der Waals surface area contributed by atoms with E-state index < -0.39 is 22.0 Å². The fourth-order valence-electron chi connectivity index (χ4n) is 4.76. The molecule has 4 aromatic carbocycles. The molecule has 5 rings (SSSR count). The summed E-state index contributed by atoms with van der Waals surface area (Å²) in [6.07, 6.45) is 0.0489. The molecule has 0 saturated carbocycles. The van der Waals surface area contributed by atoms with E-state index in [0.29, 0.717) is 17.6 Å². The number of carboxylic acid groups (broad SMARTS) is 1. The van der Waals surface area contributed by atoms with E-state index in [1.54, 1.807) is 36.4 Å². The third-order valence-electron chi connectivity index (χ3n) is 7.22. The Hall–Kier alpha value is -4.60. The van der Waals surface area contributed by atoms with E-state index in [4.69, 9.17) is 9.97 Å². The van der Waals surface area contributed by atoms with Gasteiger partial charge in [-0.2, -0.15) is 4.31 Å². The zero-order chi connectivity index (χ0) is 29.9. The van der Waals surface area contributed by atoms with Gasteiger partial charge < -0.3 is 10.4 Å². The van der Waals surface area contributed by atoms with Crippen LogP contribution in [0.15, 0.2) is 108 Å². The number of hydrogen-bond donors (Lipinski definition) is 2. The molecule has 0 amide bonds. The predicted molar refractivity (Wildman–Crippen MR) is 165 cm³/mol. The van der Waals surface area contributed by atoms with Crippen LogP contribution in [0.3, 0.4) is 0 Å². The Morgan fingerprint density at radius 2 is 1.52 bits per heavy atom. The van der Waals surface area contributed by atoms with Gasteiger partial charge in [-0.25, -0.2) is 18.4 Å². The normalized spacial score (nSPS) is 12.5. The van der Waals surface area contributed by atoms with Crippen LogP contribution in [0.5, 0.6) is 0 Å². The number of hydrogen-bond acceptors (Lipinski definition) is 6. The Morgan fingerprint density at radius 3 is 2.14 bits per heavy atom. The molecule has 214 valence electrons. The molecule has 5 aromatic rings. The first-order valence-corrected chi connectivity index (χ1v) is 15.1. The zero-order valence-electron chi connectivity index (χ0n) is 23.6. The first-order chi connectivity index (χ1) is 20.1. The highest BCUT2D eigenvalue weighted by atomic mass is 32.2. The Bertz CT molecular complexity index is 1810. The van der Waals surface area contributed by atoms with Gasteiger partial charge >= 0.3 is 5.97 Å². The van der Waals surface area contributed by atoms with Gasteiger partial charge in [-0.1, -0.05) is 80.6 Å². The first-order valence-electron chi connectivity index (χ1n) is 13.6. The minimum absolute atomic E-state index is 0.0134. The van der Waals surface area contributed by atoms with Crippen molar-refractivity contribution < 1.29 is 18.3 Å².